The molecular formula is C19H21N3O6S. The number of hydrogen-bond donors (Lipinski definition) is 2. The zero-order valence-electron chi connectivity index (χ0n) is 15.9. The summed E-state index contributed by atoms with van der Waals surface area (Å²) in [5, 5.41) is 8.92. The quantitative estimate of drug-likeness (QED) is 0.540. The van der Waals surface area contributed by atoms with Crippen LogP contribution in [0, 0.1) is 0 Å². The van der Waals surface area contributed by atoms with Crippen molar-refractivity contribution in [3.63, 3.8) is 0 Å². The van der Waals surface area contributed by atoms with Crippen LogP contribution in [0.15, 0.2) is 48.7 Å². The fourth-order valence-corrected chi connectivity index (χ4v) is 4.00. The van der Waals surface area contributed by atoms with Gasteiger partial charge in [-0.3, -0.25) is 14.9 Å². The van der Waals surface area contributed by atoms with Crippen LogP contribution in [0.3, 0.4) is 0 Å². The minimum Gasteiger partial charge on any atom is -0.444 e. The number of hydroxylamine groups is 1. The zero-order valence-corrected chi connectivity index (χ0v) is 16.7. The highest BCUT2D eigenvalue weighted by molar-refractivity contribution is 7.92. The maximum absolute atomic E-state index is 12.3. The number of ether oxygens (including phenoxy) is 1. The van der Waals surface area contributed by atoms with Crippen LogP contribution in [0.25, 0.3) is 11.1 Å². The maximum Gasteiger partial charge on any atom is 0.415 e. The first-order valence-corrected chi connectivity index (χ1v) is 10.7. The number of carbonyl (C=O) groups is 2. The number of carbonyl (C=O) groups excluding carboxylic acids is 2. The summed E-state index contributed by atoms with van der Waals surface area (Å²) >= 11 is 0. The van der Waals surface area contributed by atoms with E-state index in [1.54, 1.807) is 12.3 Å². The van der Waals surface area contributed by atoms with Gasteiger partial charge in [-0.05, 0) is 24.6 Å². The van der Waals surface area contributed by atoms with Crippen LogP contribution in [-0.2, 0) is 19.4 Å². The Morgan fingerprint density at radius 2 is 1.97 bits per heavy atom. The lowest BCUT2D eigenvalue weighted by molar-refractivity contribution is -0.132. The van der Waals surface area contributed by atoms with E-state index in [0.29, 0.717) is 5.82 Å². The van der Waals surface area contributed by atoms with E-state index >= 15 is 0 Å². The first-order valence-electron chi connectivity index (χ1n) is 8.79. The van der Waals surface area contributed by atoms with E-state index in [0.717, 1.165) is 17.4 Å². The molecule has 2 heterocycles. The van der Waals surface area contributed by atoms with Gasteiger partial charge in [0, 0.05) is 24.4 Å². The number of aromatic nitrogens is 1. The molecule has 2 atom stereocenters. The van der Waals surface area contributed by atoms with Gasteiger partial charge in [0.25, 0.3) is 5.91 Å². The third-order valence-electron chi connectivity index (χ3n) is 5.02. The van der Waals surface area contributed by atoms with E-state index < -0.39 is 32.7 Å². The summed E-state index contributed by atoms with van der Waals surface area (Å²) in [7, 11) is -3.90. The normalized spacial score (nSPS) is 18.8. The minimum atomic E-state index is -3.90. The zero-order chi connectivity index (χ0) is 21.2. The molecule has 154 valence electrons. The van der Waals surface area contributed by atoms with Crippen LogP contribution < -0.4 is 10.4 Å². The van der Waals surface area contributed by atoms with Crippen molar-refractivity contribution in [2.45, 2.75) is 24.2 Å². The van der Waals surface area contributed by atoms with Gasteiger partial charge in [0.15, 0.2) is 14.6 Å². The number of nitrogens with one attached hydrogen (secondary N) is 1. The second-order valence-corrected chi connectivity index (χ2v) is 9.48. The van der Waals surface area contributed by atoms with Gasteiger partial charge in [-0.15, -0.1) is 0 Å². The monoisotopic (exact) mass is 419 g/mol. The van der Waals surface area contributed by atoms with Gasteiger partial charge >= 0.3 is 6.09 Å². The molecule has 1 aromatic carbocycles. The summed E-state index contributed by atoms with van der Waals surface area (Å²) < 4.78 is 27.5. The molecule has 0 aliphatic carbocycles. The van der Waals surface area contributed by atoms with Gasteiger partial charge in [0.2, 0.25) is 0 Å². The third-order valence-corrected chi connectivity index (χ3v) is 7.01. The first-order chi connectivity index (χ1) is 13.7. The summed E-state index contributed by atoms with van der Waals surface area (Å²) in [6.07, 6.45) is 0.666. The van der Waals surface area contributed by atoms with Gasteiger partial charge in [0.1, 0.15) is 11.9 Å². The molecule has 29 heavy (non-hydrogen) atoms. The smallest absolute Gasteiger partial charge is 0.415 e. The van der Waals surface area contributed by atoms with Crippen LogP contribution >= 0.6 is 0 Å². The Bertz CT molecular complexity index is 1010. The maximum atomic E-state index is 12.3. The Kier molecular flexibility index (Phi) is 5.58. The molecule has 0 bridgehead atoms. The highest BCUT2D eigenvalue weighted by Gasteiger charge is 2.48. The average molecular weight is 419 g/mol. The SMILES string of the molecule is CC(CC1CN(c2ccc(-c3ccccc3)cn2)C(=O)O1)(C(=O)NO)S(C)(=O)=O. The largest absolute Gasteiger partial charge is 0.444 e. The Morgan fingerprint density at radius 1 is 1.28 bits per heavy atom. The molecule has 1 saturated heterocycles. The van der Waals surface area contributed by atoms with Crippen molar-refractivity contribution in [3.05, 3.63) is 48.7 Å². The third kappa shape index (κ3) is 4.08. The van der Waals surface area contributed by atoms with Crippen molar-refractivity contribution in [1.82, 2.24) is 10.5 Å². The summed E-state index contributed by atoms with van der Waals surface area (Å²) in [5.41, 5.74) is 3.23. The van der Waals surface area contributed by atoms with Crippen LogP contribution in [0.2, 0.25) is 0 Å². The molecule has 10 heteroatoms. The number of nitrogens with zero attached hydrogens (tertiary/aromatic N) is 2. The molecule has 9 nitrogen and oxygen atoms in total. The van der Waals surface area contributed by atoms with Crippen LogP contribution in [0.5, 0.6) is 0 Å². The molecule has 1 fully saturated rings. The fraction of sp³-hybridized carbons (Fsp3) is 0.316. The number of amides is 2. The Labute approximate surface area is 168 Å². The van der Waals surface area contributed by atoms with E-state index in [4.69, 9.17) is 9.94 Å². The number of anilines is 1. The van der Waals surface area contributed by atoms with E-state index in [-0.39, 0.29) is 13.0 Å². The van der Waals surface area contributed by atoms with Crippen molar-refractivity contribution >= 4 is 27.7 Å². The average Bonchev–Trinajstić information content (AvgIpc) is 3.07. The predicted octanol–water partition coefficient (Wildman–Crippen LogP) is 1.77. The van der Waals surface area contributed by atoms with Crippen molar-refractivity contribution in [2.24, 2.45) is 0 Å². The molecular weight excluding hydrogens is 398 g/mol. The van der Waals surface area contributed by atoms with E-state index in [1.807, 2.05) is 36.4 Å². The van der Waals surface area contributed by atoms with Gasteiger partial charge in [-0.1, -0.05) is 30.3 Å². The molecule has 3 rings (SSSR count). The van der Waals surface area contributed by atoms with Crippen molar-refractivity contribution in [2.75, 3.05) is 17.7 Å². The minimum absolute atomic E-state index is 0.0281. The predicted molar refractivity (Wildman–Crippen MR) is 105 cm³/mol. The molecule has 0 radical (unpaired) electrons. The highest BCUT2D eigenvalue weighted by atomic mass is 32.2. The standard InChI is InChI=1S/C19H21N3O6S/c1-19(17(23)21-25,29(2,26)27)10-15-12-22(18(24)28-15)16-9-8-14(11-20-16)13-6-4-3-5-7-13/h3-9,11,15,25H,10,12H2,1-2H3,(H,21,23). The number of pyridine rings is 1. The summed E-state index contributed by atoms with van der Waals surface area (Å²) in [5.74, 6) is -0.732. The molecule has 2 unspecified atom stereocenters. The van der Waals surface area contributed by atoms with Gasteiger partial charge < -0.3 is 4.74 Å². The van der Waals surface area contributed by atoms with Crippen molar-refractivity contribution in [1.29, 1.82) is 0 Å². The lowest BCUT2D eigenvalue weighted by Crippen LogP contribution is -2.51. The first kappa shape index (κ1) is 20.7. The van der Waals surface area contributed by atoms with Crippen LogP contribution in [0.4, 0.5) is 10.6 Å². The van der Waals surface area contributed by atoms with Gasteiger partial charge in [0.05, 0.1) is 6.54 Å². The molecule has 1 aliphatic heterocycles. The molecule has 2 aromatic rings. The van der Waals surface area contributed by atoms with E-state index in [1.165, 1.54) is 17.3 Å². The summed E-state index contributed by atoms with van der Waals surface area (Å²) in [6, 6.07) is 13.1. The number of cyclic esters (lactones) is 1. The molecule has 1 aliphatic rings. The van der Waals surface area contributed by atoms with Crippen molar-refractivity contribution < 1.29 is 28.0 Å². The lowest BCUT2D eigenvalue weighted by Gasteiger charge is -2.26. The lowest BCUT2D eigenvalue weighted by atomic mass is 10.0. The number of benzene rings is 1. The van der Waals surface area contributed by atoms with Crippen LogP contribution in [-0.4, -0.2) is 54.3 Å². The topological polar surface area (TPSA) is 126 Å². The van der Waals surface area contributed by atoms with E-state index in [9.17, 15) is 18.0 Å². The molecule has 1 aromatic heterocycles. The van der Waals surface area contributed by atoms with E-state index in [2.05, 4.69) is 4.98 Å². The van der Waals surface area contributed by atoms with Crippen molar-refractivity contribution in [3.8, 4) is 11.1 Å². The Hall–Kier alpha value is -2.98. The number of sulfone groups is 1. The fourth-order valence-electron chi connectivity index (χ4n) is 3.13. The molecule has 0 saturated carbocycles. The number of rotatable bonds is 6. The summed E-state index contributed by atoms with van der Waals surface area (Å²) in [6.45, 7) is 1.21. The molecule has 2 amide bonds. The summed E-state index contributed by atoms with van der Waals surface area (Å²) in [4.78, 5) is 29.8. The van der Waals surface area contributed by atoms with Crippen LogP contribution in [0.1, 0.15) is 13.3 Å². The number of hydrogen-bond acceptors (Lipinski definition) is 7. The molecule has 2 N–H and O–H groups in total. The highest BCUT2D eigenvalue weighted by Crippen LogP contribution is 2.30. The van der Waals surface area contributed by atoms with Gasteiger partial charge in [-0.2, -0.15) is 0 Å². The van der Waals surface area contributed by atoms with Gasteiger partial charge in [-0.25, -0.2) is 23.7 Å². The Balaban J connectivity index is 1.77. The Morgan fingerprint density at radius 3 is 2.52 bits per heavy atom. The second kappa shape index (κ2) is 7.80. The molecule has 0 spiro atoms. The second-order valence-electron chi connectivity index (χ2n) is 7.04.